The Hall–Kier alpha value is -7.36. The molecule has 256 valence electrons. The van der Waals surface area contributed by atoms with E-state index in [2.05, 4.69) is 164 Å². The Morgan fingerprint density at radius 2 is 0.818 bits per heavy atom. The molecule has 55 heavy (non-hydrogen) atoms. The van der Waals surface area contributed by atoms with Gasteiger partial charge in [0.05, 0.1) is 11.4 Å². The molecule has 0 spiro atoms. The fourth-order valence-electron chi connectivity index (χ4n) is 8.23. The standard InChI is InChI=1S/C52H32N2O/c1-3-14-33(15-4-1)36-28-37(39-23-13-24-46-45-22-11-12-25-50(45)55-51(39)46)30-38(29-36)49-32-48(53-52(54-49)34-16-5-2-6-17-34)35-26-27-44-42-20-8-7-18-40(42)41-19-9-10-21-43(41)47(44)31-35/h1-32H. The van der Waals surface area contributed by atoms with Crippen molar-refractivity contribution in [2.45, 2.75) is 0 Å². The van der Waals surface area contributed by atoms with Crippen molar-refractivity contribution < 1.29 is 4.42 Å². The lowest BCUT2D eigenvalue weighted by molar-refractivity contribution is 0.670. The number of fused-ring (bicyclic) bond motifs is 9. The minimum atomic E-state index is 0.683. The zero-order valence-corrected chi connectivity index (χ0v) is 29.8. The number of hydrogen-bond donors (Lipinski definition) is 0. The summed E-state index contributed by atoms with van der Waals surface area (Å²) in [5, 5.41) is 9.66. The van der Waals surface area contributed by atoms with Gasteiger partial charge in [0, 0.05) is 33.0 Å². The molecule has 0 aliphatic carbocycles. The van der Waals surface area contributed by atoms with Gasteiger partial charge in [0.1, 0.15) is 11.2 Å². The summed E-state index contributed by atoms with van der Waals surface area (Å²) in [4.78, 5) is 10.5. The Morgan fingerprint density at radius 1 is 0.291 bits per heavy atom. The van der Waals surface area contributed by atoms with Crippen molar-refractivity contribution in [2.75, 3.05) is 0 Å². The Morgan fingerprint density at radius 3 is 1.53 bits per heavy atom. The monoisotopic (exact) mass is 700 g/mol. The number of aromatic nitrogens is 2. The van der Waals surface area contributed by atoms with Crippen LogP contribution in [0.3, 0.4) is 0 Å². The molecule has 2 aromatic heterocycles. The first-order valence-corrected chi connectivity index (χ1v) is 18.6. The lowest BCUT2D eigenvalue weighted by atomic mass is 9.92. The predicted molar refractivity (Wildman–Crippen MR) is 229 cm³/mol. The maximum atomic E-state index is 6.55. The van der Waals surface area contributed by atoms with Crippen LogP contribution in [-0.4, -0.2) is 9.97 Å². The smallest absolute Gasteiger partial charge is 0.160 e. The number of benzene rings is 9. The Kier molecular flexibility index (Phi) is 7.17. The van der Waals surface area contributed by atoms with Crippen molar-refractivity contribution in [2.24, 2.45) is 0 Å². The van der Waals surface area contributed by atoms with E-state index in [1.165, 1.54) is 32.3 Å². The molecule has 0 N–H and O–H groups in total. The van der Waals surface area contributed by atoms with Crippen LogP contribution in [0.1, 0.15) is 0 Å². The Balaban J connectivity index is 1.16. The highest BCUT2D eigenvalue weighted by Gasteiger charge is 2.17. The molecular formula is C52H32N2O. The van der Waals surface area contributed by atoms with Gasteiger partial charge in [-0.05, 0) is 85.4 Å². The second-order valence-electron chi connectivity index (χ2n) is 14.1. The van der Waals surface area contributed by atoms with Crippen LogP contribution in [0.15, 0.2) is 199 Å². The molecule has 0 aliphatic heterocycles. The van der Waals surface area contributed by atoms with Crippen LogP contribution in [0, 0.1) is 0 Å². The lowest BCUT2D eigenvalue weighted by Gasteiger charge is -2.14. The van der Waals surface area contributed by atoms with E-state index in [1.807, 2.05) is 30.3 Å². The average Bonchev–Trinajstić information content (AvgIpc) is 3.66. The third-order valence-electron chi connectivity index (χ3n) is 10.8. The largest absolute Gasteiger partial charge is 0.455 e. The van der Waals surface area contributed by atoms with Gasteiger partial charge in [-0.25, -0.2) is 9.97 Å². The molecule has 2 heterocycles. The van der Waals surface area contributed by atoms with E-state index in [0.29, 0.717) is 5.82 Å². The van der Waals surface area contributed by atoms with Crippen LogP contribution in [0.5, 0.6) is 0 Å². The highest BCUT2D eigenvalue weighted by atomic mass is 16.3. The van der Waals surface area contributed by atoms with Gasteiger partial charge >= 0.3 is 0 Å². The minimum absolute atomic E-state index is 0.683. The van der Waals surface area contributed by atoms with Gasteiger partial charge in [-0.15, -0.1) is 0 Å². The summed E-state index contributed by atoms with van der Waals surface area (Å²) in [7, 11) is 0. The lowest BCUT2D eigenvalue weighted by Crippen LogP contribution is -1.97. The number of nitrogens with zero attached hydrogens (tertiary/aromatic N) is 2. The third kappa shape index (κ3) is 5.28. The van der Waals surface area contributed by atoms with Crippen molar-refractivity contribution >= 4 is 54.3 Å². The maximum absolute atomic E-state index is 6.55. The van der Waals surface area contributed by atoms with Gasteiger partial charge in [-0.3, -0.25) is 0 Å². The van der Waals surface area contributed by atoms with Crippen LogP contribution in [0.25, 0.3) is 110 Å². The first-order valence-electron chi connectivity index (χ1n) is 18.6. The first-order chi connectivity index (χ1) is 27.2. The molecule has 9 aromatic carbocycles. The van der Waals surface area contributed by atoms with Crippen molar-refractivity contribution in [3.63, 3.8) is 0 Å². The molecule has 0 saturated heterocycles. The summed E-state index contributed by atoms with van der Waals surface area (Å²) < 4.78 is 6.55. The fraction of sp³-hybridized carbons (Fsp3) is 0. The highest BCUT2D eigenvalue weighted by molar-refractivity contribution is 6.25. The van der Waals surface area contributed by atoms with Gasteiger partial charge in [-0.2, -0.15) is 0 Å². The molecule has 0 bridgehead atoms. The number of hydrogen-bond acceptors (Lipinski definition) is 3. The summed E-state index contributed by atoms with van der Waals surface area (Å²) in [6, 6.07) is 68.6. The van der Waals surface area contributed by atoms with E-state index < -0.39 is 0 Å². The van der Waals surface area contributed by atoms with E-state index in [-0.39, 0.29) is 0 Å². The molecule has 3 nitrogen and oxygen atoms in total. The summed E-state index contributed by atoms with van der Waals surface area (Å²) in [6.45, 7) is 0. The van der Waals surface area contributed by atoms with Crippen molar-refractivity contribution in [1.29, 1.82) is 0 Å². The van der Waals surface area contributed by atoms with E-state index in [4.69, 9.17) is 14.4 Å². The molecular weight excluding hydrogens is 669 g/mol. The summed E-state index contributed by atoms with van der Waals surface area (Å²) in [5.74, 6) is 0.683. The van der Waals surface area contributed by atoms with Gasteiger partial charge in [0.2, 0.25) is 0 Å². The van der Waals surface area contributed by atoms with Gasteiger partial charge in [0.25, 0.3) is 0 Å². The zero-order chi connectivity index (χ0) is 36.3. The van der Waals surface area contributed by atoms with E-state index in [1.54, 1.807) is 0 Å². The van der Waals surface area contributed by atoms with Crippen LogP contribution in [0.4, 0.5) is 0 Å². The van der Waals surface area contributed by atoms with Crippen LogP contribution in [0.2, 0.25) is 0 Å². The molecule has 0 saturated carbocycles. The van der Waals surface area contributed by atoms with Gasteiger partial charge < -0.3 is 4.42 Å². The second-order valence-corrected chi connectivity index (χ2v) is 14.1. The zero-order valence-electron chi connectivity index (χ0n) is 29.8. The van der Waals surface area contributed by atoms with Crippen molar-refractivity contribution in [3.8, 4) is 56.2 Å². The first kappa shape index (κ1) is 31.2. The minimum Gasteiger partial charge on any atom is -0.455 e. The number of furan rings is 1. The maximum Gasteiger partial charge on any atom is 0.160 e. The molecule has 11 rings (SSSR count). The molecule has 3 heteroatoms. The Bertz CT molecular complexity index is 3220. The highest BCUT2D eigenvalue weighted by Crippen LogP contribution is 2.41. The normalized spacial score (nSPS) is 11.6. The van der Waals surface area contributed by atoms with Crippen LogP contribution >= 0.6 is 0 Å². The molecule has 0 fully saturated rings. The second kappa shape index (κ2) is 12.6. The fourth-order valence-corrected chi connectivity index (χ4v) is 8.23. The topological polar surface area (TPSA) is 38.9 Å². The van der Waals surface area contributed by atoms with Crippen LogP contribution in [-0.2, 0) is 0 Å². The van der Waals surface area contributed by atoms with Crippen molar-refractivity contribution in [3.05, 3.63) is 194 Å². The predicted octanol–water partition coefficient (Wildman–Crippen LogP) is 14.2. The molecule has 11 aromatic rings. The number of para-hydroxylation sites is 2. The van der Waals surface area contributed by atoms with Gasteiger partial charge in [-0.1, -0.05) is 158 Å². The van der Waals surface area contributed by atoms with Gasteiger partial charge in [0.15, 0.2) is 5.82 Å². The third-order valence-corrected chi connectivity index (χ3v) is 10.8. The van der Waals surface area contributed by atoms with E-state index in [9.17, 15) is 0 Å². The molecule has 0 amide bonds. The molecule has 0 unspecified atom stereocenters. The molecule has 0 radical (unpaired) electrons. The summed E-state index contributed by atoms with van der Waals surface area (Å²) in [6.07, 6.45) is 0. The number of rotatable bonds is 5. The van der Waals surface area contributed by atoms with Crippen molar-refractivity contribution in [1.82, 2.24) is 9.97 Å². The van der Waals surface area contributed by atoms with Crippen LogP contribution < -0.4 is 0 Å². The Labute approximate surface area is 317 Å². The summed E-state index contributed by atoms with van der Waals surface area (Å²) in [5.41, 5.74) is 10.8. The quantitative estimate of drug-likeness (QED) is 0.168. The molecule has 0 aliphatic rings. The average molecular weight is 701 g/mol. The van der Waals surface area contributed by atoms with E-state index in [0.717, 1.165) is 72.3 Å². The van der Waals surface area contributed by atoms with E-state index >= 15 is 0 Å². The molecule has 0 atom stereocenters. The SMILES string of the molecule is c1ccc(-c2cc(-c3cc(-c4ccc5c6ccccc6c6ccccc6c5c4)nc(-c4ccccc4)n3)cc(-c3cccc4c3oc3ccccc34)c2)cc1. The summed E-state index contributed by atoms with van der Waals surface area (Å²) >= 11 is 0.